The third kappa shape index (κ3) is 5.81. The SMILES string of the molecule is CC(=O)N1CCN(S(=O)(=O)c2cccc(C(=O)OCC(=O)c3cccc(C(F)(F)F)c3)c2)CC1. The van der Waals surface area contributed by atoms with Gasteiger partial charge in [-0.15, -0.1) is 0 Å². The first-order valence-electron chi connectivity index (χ1n) is 10.1. The lowest BCUT2D eigenvalue weighted by atomic mass is 10.1. The molecule has 1 aliphatic rings. The van der Waals surface area contributed by atoms with Crippen LogP contribution in [-0.4, -0.2) is 68.1 Å². The highest BCUT2D eigenvalue weighted by Gasteiger charge is 2.31. The number of amides is 1. The molecule has 0 atom stereocenters. The van der Waals surface area contributed by atoms with E-state index in [1.54, 1.807) is 0 Å². The highest BCUT2D eigenvalue weighted by molar-refractivity contribution is 7.89. The second kappa shape index (κ2) is 9.94. The predicted molar refractivity (Wildman–Crippen MR) is 114 cm³/mol. The van der Waals surface area contributed by atoms with E-state index in [2.05, 4.69) is 0 Å². The number of hydrogen-bond acceptors (Lipinski definition) is 6. The van der Waals surface area contributed by atoms with Crippen molar-refractivity contribution < 1.29 is 40.7 Å². The quantitative estimate of drug-likeness (QED) is 0.448. The van der Waals surface area contributed by atoms with Crippen molar-refractivity contribution in [1.29, 1.82) is 0 Å². The molecule has 12 heteroatoms. The number of esters is 1. The molecule has 8 nitrogen and oxygen atoms in total. The predicted octanol–water partition coefficient (Wildman–Crippen LogP) is 2.60. The Labute approximate surface area is 194 Å². The first-order valence-corrected chi connectivity index (χ1v) is 11.6. The van der Waals surface area contributed by atoms with E-state index in [9.17, 15) is 36.0 Å². The molecule has 1 saturated heterocycles. The van der Waals surface area contributed by atoms with Crippen molar-refractivity contribution in [3.63, 3.8) is 0 Å². The summed E-state index contributed by atoms with van der Waals surface area (Å²) in [5.41, 5.74) is -1.42. The minimum absolute atomic E-state index is 0.0993. The number of sulfonamides is 1. The monoisotopic (exact) mass is 498 g/mol. The molecule has 0 aliphatic carbocycles. The van der Waals surface area contributed by atoms with E-state index < -0.39 is 40.1 Å². The Hall–Kier alpha value is -3.25. The summed E-state index contributed by atoms with van der Waals surface area (Å²) in [6.07, 6.45) is -4.63. The van der Waals surface area contributed by atoms with E-state index in [4.69, 9.17) is 4.74 Å². The molecule has 2 aromatic rings. The van der Waals surface area contributed by atoms with Crippen molar-refractivity contribution in [3.05, 3.63) is 65.2 Å². The third-order valence-corrected chi connectivity index (χ3v) is 7.13. The molecule has 0 unspecified atom stereocenters. The van der Waals surface area contributed by atoms with Crippen molar-refractivity contribution in [1.82, 2.24) is 9.21 Å². The Bertz CT molecular complexity index is 1210. The van der Waals surface area contributed by atoms with Gasteiger partial charge in [0.05, 0.1) is 16.0 Å². The molecule has 0 spiro atoms. The maximum absolute atomic E-state index is 12.9. The summed E-state index contributed by atoms with van der Waals surface area (Å²) in [7, 11) is -3.95. The molecule has 2 aromatic carbocycles. The highest BCUT2D eigenvalue weighted by Crippen LogP contribution is 2.29. The number of nitrogens with zero attached hydrogens (tertiary/aromatic N) is 2. The average Bonchev–Trinajstić information content (AvgIpc) is 2.82. The zero-order chi connectivity index (χ0) is 25.1. The number of carbonyl (C=O) groups excluding carboxylic acids is 3. The maximum atomic E-state index is 12.9. The number of halogens is 3. The molecule has 0 saturated carbocycles. The zero-order valence-electron chi connectivity index (χ0n) is 18.0. The van der Waals surface area contributed by atoms with E-state index in [1.165, 1.54) is 40.4 Å². The van der Waals surface area contributed by atoms with Gasteiger partial charge in [-0.3, -0.25) is 9.59 Å². The molecule has 1 fully saturated rings. The summed E-state index contributed by atoms with van der Waals surface area (Å²) in [6.45, 7) is 1.27. The lowest BCUT2D eigenvalue weighted by Gasteiger charge is -2.33. The molecular formula is C22H21F3N2O6S. The van der Waals surface area contributed by atoms with Crippen molar-refractivity contribution in [3.8, 4) is 0 Å². The Balaban J connectivity index is 1.67. The fourth-order valence-electron chi connectivity index (χ4n) is 3.34. The van der Waals surface area contributed by atoms with Crippen LogP contribution in [0.1, 0.15) is 33.2 Å². The topological polar surface area (TPSA) is 101 Å². The van der Waals surface area contributed by atoms with Gasteiger partial charge in [0.2, 0.25) is 15.9 Å². The molecule has 1 amide bonds. The Kier molecular flexibility index (Phi) is 7.41. The summed E-state index contributed by atoms with van der Waals surface area (Å²) < 4.78 is 70.4. The maximum Gasteiger partial charge on any atom is 0.416 e. The van der Waals surface area contributed by atoms with Crippen LogP contribution < -0.4 is 0 Å². The van der Waals surface area contributed by atoms with Gasteiger partial charge >= 0.3 is 12.1 Å². The van der Waals surface area contributed by atoms with Gasteiger partial charge in [0.25, 0.3) is 0 Å². The summed E-state index contributed by atoms with van der Waals surface area (Å²) >= 11 is 0. The van der Waals surface area contributed by atoms with Crippen LogP contribution in [0.5, 0.6) is 0 Å². The van der Waals surface area contributed by atoms with Gasteiger partial charge in [-0.05, 0) is 30.3 Å². The minimum Gasteiger partial charge on any atom is -0.454 e. The van der Waals surface area contributed by atoms with Crippen LogP contribution in [0.4, 0.5) is 13.2 Å². The van der Waals surface area contributed by atoms with E-state index >= 15 is 0 Å². The molecular weight excluding hydrogens is 477 g/mol. The van der Waals surface area contributed by atoms with E-state index in [0.29, 0.717) is 6.07 Å². The molecule has 3 rings (SSSR count). The van der Waals surface area contributed by atoms with E-state index in [0.717, 1.165) is 18.2 Å². The van der Waals surface area contributed by atoms with Crippen molar-refractivity contribution in [2.75, 3.05) is 32.8 Å². The number of piperazine rings is 1. The number of alkyl halides is 3. The van der Waals surface area contributed by atoms with Gasteiger partial charge in [0.1, 0.15) is 0 Å². The second-order valence-corrected chi connectivity index (χ2v) is 9.45. The standard InChI is InChI=1S/C22H21F3N2O6S/c1-15(28)26-8-10-27(11-9-26)34(31,32)19-7-3-5-17(13-19)21(30)33-14-20(29)16-4-2-6-18(12-16)22(23,24)25/h2-7,12-13H,8-11,14H2,1H3. The van der Waals surface area contributed by atoms with Gasteiger partial charge < -0.3 is 9.64 Å². The highest BCUT2D eigenvalue weighted by atomic mass is 32.2. The summed E-state index contributed by atoms with van der Waals surface area (Å²) in [5, 5.41) is 0. The summed E-state index contributed by atoms with van der Waals surface area (Å²) in [4.78, 5) is 37.4. The number of rotatable bonds is 6. The number of hydrogen-bond donors (Lipinski definition) is 0. The summed E-state index contributed by atoms with van der Waals surface area (Å²) in [5.74, 6) is -1.99. The van der Waals surface area contributed by atoms with Gasteiger partial charge in [-0.1, -0.05) is 18.2 Å². The van der Waals surface area contributed by atoms with Crippen molar-refractivity contribution >= 4 is 27.7 Å². The van der Waals surface area contributed by atoms with Gasteiger partial charge in [0, 0.05) is 38.7 Å². The normalized spacial score (nSPS) is 15.1. The van der Waals surface area contributed by atoms with Crippen LogP contribution in [0.25, 0.3) is 0 Å². The minimum atomic E-state index is -4.63. The summed E-state index contributed by atoms with van der Waals surface area (Å²) in [6, 6.07) is 8.76. The molecule has 182 valence electrons. The van der Waals surface area contributed by atoms with Crippen LogP contribution in [0.3, 0.4) is 0 Å². The molecule has 34 heavy (non-hydrogen) atoms. The lowest BCUT2D eigenvalue weighted by molar-refractivity contribution is -0.137. The number of ether oxygens (including phenoxy) is 1. The number of ketones is 1. The first-order chi connectivity index (χ1) is 15.9. The second-order valence-electron chi connectivity index (χ2n) is 7.52. The fourth-order valence-corrected chi connectivity index (χ4v) is 4.81. The smallest absolute Gasteiger partial charge is 0.416 e. The van der Waals surface area contributed by atoms with Crippen LogP contribution >= 0.6 is 0 Å². The van der Waals surface area contributed by atoms with Gasteiger partial charge in [0.15, 0.2) is 12.4 Å². The van der Waals surface area contributed by atoms with Crippen LogP contribution in [0.15, 0.2) is 53.4 Å². The lowest BCUT2D eigenvalue weighted by Crippen LogP contribution is -2.49. The van der Waals surface area contributed by atoms with Crippen LogP contribution in [-0.2, 0) is 25.7 Å². The Morgan fingerprint density at radius 2 is 1.56 bits per heavy atom. The molecule has 1 aliphatic heterocycles. The molecule has 0 radical (unpaired) electrons. The average molecular weight is 498 g/mol. The number of Topliss-reactive ketones (excluding diaryl/α,β-unsaturated/α-hetero) is 1. The largest absolute Gasteiger partial charge is 0.454 e. The molecule has 1 heterocycles. The molecule has 0 N–H and O–H groups in total. The van der Waals surface area contributed by atoms with Crippen molar-refractivity contribution in [2.45, 2.75) is 18.0 Å². The van der Waals surface area contributed by atoms with Gasteiger partial charge in [-0.2, -0.15) is 17.5 Å². The van der Waals surface area contributed by atoms with E-state index in [-0.39, 0.29) is 48.1 Å². The first kappa shape index (κ1) is 25.4. The van der Waals surface area contributed by atoms with Crippen molar-refractivity contribution in [2.24, 2.45) is 0 Å². The fraction of sp³-hybridized carbons (Fsp3) is 0.318. The Morgan fingerprint density at radius 1 is 0.941 bits per heavy atom. The number of carbonyl (C=O) groups is 3. The van der Waals surface area contributed by atoms with Gasteiger partial charge in [-0.25, -0.2) is 13.2 Å². The molecule has 0 bridgehead atoms. The Morgan fingerprint density at radius 3 is 2.18 bits per heavy atom. The van der Waals surface area contributed by atoms with Crippen LogP contribution in [0, 0.1) is 0 Å². The molecule has 0 aromatic heterocycles. The van der Waals surface area contributed by atoms with E-state index in [1.807, 2.05) is 0 Å². The number of benzene rings is 2. The zero-order valence-corrected chi connectivity index (χ0v) is 18.9. The van der Waals surface area contributed by atoms with Crippen LogP contribution in [0.2, 0.25) is 0 Å². The third-order valence-electron chi connectivity index (χ3n) is 5.24.